The van der Waals surface area contributed by atoms with Crippen LogP contribution in [0.2, 0.25) is 0 Å². The minimum atomic E-state index is -1.60. The van der Waals surface area contributed by atoms with E-state index in [0.717, 1.165) is 0 Å². The minimum Gasteiger partial charge on any atom is -0.480 e. The van der Waals surface area contributed by atoms with E-state index in [4.69, 9.17) is 4.74 Å². The number of carbonyl (C=O) groups is 4. The third kappa shape index (κ3) is 3.39. The molecule has 0 fully saturated rings. The van der Waals surface area contributed by atoms with Gasteiger partial charge in [0.1, 0.15) is 11.6 Å². The Morgan fingerprint density at radius 1 is 1.13 bits per heavy atom. The second-order valence-electron chi connectivity index (χ2n) is 6.17. The van der Waals surface area contributed by atoms with Crippen LogP contribution in [0.5, 0.6) is 0 Å². The Balaban J connectivity index is 2.27. The van der Waals surface area contributed by atoms with Gasteiger partial charge >= 0.3 is 11.9 Å². The molecule has 0 bridgehead atoms. The lowest BCUT2D eigenvalue weighted by Gasteiger charge is -2.24. The topological polar surface area (TPSA) is 101 Å². The highest BCUT2D eigenvalue weighted by Gasteiger charge is 2.44. The molecule has 1 aromatic carbocycles. The van der Waals surface area contributed by atoms with E-state index in [1.807, 2.05) is 0 Å². The number of esters is 1. The molecule has 1 atom stereocenters. The largest absolute Gasteiger partial charge is 0.480 e. The van der Waals surface area contributed by atoms with Gasteiger partial charge in [-0.3, -0.25) is 19.3 Å². The van der Waals surface area contributed by atoms with Crippen LogP contribution in [0, 0.1) is 0 Å². The van der Waals surface area contributed by atoms with Gasteiger partial charge < -0.3 is 9.84 Å². The Kier molecular flexibility index (Phi) is 4.22. The summed E-state index contributed by atoms with van der Waals surface area (Å²) in [6.45, 7) is 4.92. The minimum absolute atomic E-state index is 0.132. The van der Waals surface area contributed by atoms with Gasteiger partial charge in [-0.05, 0) is 32.9 Å². The van der Waals surface area contributed by atoms with E-state index in [1.54, 1.807) is 32.9 Å². The molecule has 1 aliphatic heterocycles. The average Bonchev–Trinajstić information content (AvgIpc) is 2.67. The number of benzene rings is 1. The van der Waals surface area contributed by atoms with Crippen molar-refractivity contribution in [2.45, 2.75) is 38.8 Å². The molecule has 7 heteroatoms. The molecule has 2 rings (SSSR count). The molecule has 0 saturated heterocycles. The van der Waals surface area contributed by atoms with Crippen molar-refractivity contribution in [3.63, 3.8) is 0 Å². The predicted molar refractivity (Wildman–Crippen MR) is 78.8 cm³/mol. The number of fused-ring (bicyclic) bond motifs is 1. The smallest absolute Gasteiger partial charge is 0.327 e. The number of hydrogen-bond donors (Lipinski definition) is 1. The monoisotopic (exact) mass is 319 g/mol. The fourth-order valence-corrected chi connectivity index (χ4v) is 2.32. The molecular weight excluding hydrogens is 302 g/mol. The summed E-state index contributed by atoms with van der Waals surface area (Å²) in [6.07, 6.45) is -0.599. The number of ether oxygens (including phenoxy) is 1. The van der Waals surface area contributed by atoms with Crippen molar-refractivity contribution >= 4 is 23.8 Å². The molecular formula is C16H17NO6. The summed E-state index contributed by atoms with van der Waals surface area (Å²) < 4.78 is 5.07. The molecule has 122 valence electrons. The van der Waals surface area contributed by atoms with Crippen molar-refractivity contribution < 1.29 is 29.0 Å². The Morgan fingerprint density at radius 2 is 1.61 bits per heavy atom. The fourth-order valence-electron chi connectivity index (χ4n) is 2.32. The zero-order valence-electron chi connectivity index (χ0n) is 13.0. The summed E-state index contributed by atoms with van der Waals surface area (Å²) >= 11 is 0. The van der Waals surface area contributed by atoms with Crippen molar-refractivity contribution in [3.8, 4) is 0 Å². The summed E-state index contributed by atoms with van der Waals surface area (Å²) in [6, 6.07) is 4.45. The van der Waals surface area contributed by atoms with Gasteiger partial charge in [-0.1, -0.05) is 12.1 Å². The second kappa shape index (κ2) is 5.83. The fraction of sp³-hybridized carbons (Fsp3) is 0.375. The van der Waals surface area contributed by atoms with Crippen molar-refractivity contribution in [2.24, 2.45) is 0 Å². The maximum absolute atomic E-state index is 12.3. The number of nitrogens with zero attached hydrogens (tertiary/aromatic N) is 1. The van der Waals surface area contributed by atoms with E-state index in [0.29, 0.717) is 4.90 Å². The first-order valence-corrected chi connectivity index (χ1v) is 7.03. The highest BCUT2D eigenvalue weighted by atomic mass is 16.6. The Hall–Kier alpha value is -2.70. The Morgan fingerprint density at radius 3 is 2.00 bits per heavy atom. The molecule has 0 spiro atoms. The number of carboxylic acid groups (broad SMARTS) is 1. The molecule has 0 aliphatic carbocycles. The molecule has 0 aromatic heterocycles. The number of rotatable bonds is 4. The first-order valence-electron chi connectivity index (χ1n) is 7.03. The number of carboxylic acids is 1. The van der Waals surface area contributed by atoms with Gasteiger partial charge in [0.05, 0.1) is 17.5 Å². The van der Waals surface area contributed by atoms with Gasteiger partial charge in [0.2, 0.25) is 0 Å². The van der Waals surface area contributed by atoms with Crippen LogP contribution in [-0.4, -0.2) is 45.4 Å². The standard InChI is InChI=1S/C16H17NO6/c1-16(2,3)23-12(18)8-11(15(21)22)17-13(19)9-6-4-5-7-10(9)14(17)20/h4-7,11H,8H2,1-3H3,(H,21,22)/t11-/m1/s1. The van der Waals surface area contributed by atoms with E-state index in [1.165, 1.54) is 12.1 Å². The number of hydrogen-bond acceptors (Lipinski definition) is 5. The zero-order chi connectivity index (χ0) is 17.4. The van der Waals surface area contributed by atoms with E-state index in [9.17, 15) is 24.3 Å². The molecule has 7 nitrogen and oxygen atoms in total. The van der Waals surface area contributed by atoms with E-state index >= 15 is 0 Å². The molecule has 0 saturated carbocycles. The van der Waals surface area contributed by atoms with Crippen molar-refractivity contribution in [2.75, 3.05) is 0 Å². The molecule has 0 unspecified atom stereocenters. The zero-order valence-corrected chi connectivity index (χ0v) is 13.0. The third-order valence-electron chi connectivity index (χ3n) is 3.20. The lowest BCUT2D eigenvalue weighted by molar-refractivity contribution is -0.159. The van der Waals surface area contributed by atoms with E-state index in [-0.39, 0.29) is 11.1 Å². The second-order valence-corrected chi connectivity index (χ2v) is 6.17. The summed E-state index contributed by atoms with van der Waals surface area (Å²) in [4.78, 5) is 48.6. The molecule has 0 radical (unpaired) electrons. The van der Waals surface area contributed by atoms with Gasteiger partial charge in [-0.15, -0.1) is 0 Å². The Labute approximate surface area is 132 Å². The van der Waals surface area contributed by atoms with Crippen LogP contribution in [-0.2, 0) is 14.3 Å². The van der Waals surface area contributed by atoms with Crippen molar-refractivity contribution in [3.05, 3.63) is 35.4 Å². The molecule has 23 heavy (non-hydrogen) atoms. The summed E-state index contributed by atoms with van der Waals surface area (Å²) in [5.41, 5.74) is -0.525. The number of aliphatic carboxylic acids is 1. The first kappa shape index (κ1) is 16.7. The summed E-state index contributed by atoms with van der Waals surface area (Å²) in [5, 5.41) is 9.34. The van der Waals surface area contributed by atoms with Gasteiger partial charge in [-0.2, -0.15) is 0 Å². The SMILES string of the molecule is CC(C)(C)OC(=O)C[C@H](C(=O)O)N1C(=O)c2ccccc2C1=O. The van der Waals surface area contributed by atoms with Crippen LogP contribution in [0.4, 0.5) is 0 Å². The maximum Gasteiger partial charge on any atom is 0.327 e. The number of amides is 2. The van der Waals surface area contributed by atoms with Crippen LogP contribution < -0.4 is 0 Å². The highest BCUT2D eigenvalue weighted by molar-refractivity contribution is 6.22. The molecule has 1 aliphatic rings. The molecule has 1 N–H and O–H groups in total. The quantitative estimate of drug-likeness (QED) is 0.666. The lowest BCUT2D eigenvalue weighted by atomic mass is 10.1. The average molecular weight is 319 g/mol. The van der Waals surface area contributed by atoms with Crippen LogP contribution in [0.25, 0.3) is 0 Å². The van der Waals surface area contributed by atoms with Gasteiger partial charge in [0.15, 0.2) is 0 Å². The summed E-state index contributed by atoms with van der Waals surface area (Å²) in [5.74, 6) is -3.67. The number of carbonyl (C=O) groups excluding carboxylic acids is 3. The highest BCUT2D eigenvalue weighted by Crippen LogP contribution is 2.26. The van der Waals surface area contributed by atoms with E-state index < -0.39 is 41.8 Å². The maximum atomic E-state index is 12.3. The van der Waals surface area contributed by atoms with Crippen molar-refractivity contribution in [1.82, 2.24) is 4.90 Å². The van der Waals surface area contributed by atoms with Crippen LogP contribution >= 0.6 is 0 Å². The first-order chi connectivity index (χ1) is 10.6. The third-order valence-corrected chi connectivity index (χ3v) is 3.20. The van der Waals surface area contributed by atoms with Crippen LogP contribution in [0.15, 0.2) is 24.3 Å². The summed E-state index contributed by atoms with van der Waals surface area (Å²) in [7, 11) is 0. The number of imide groups is 1. The van der Waals surface area contributed by atoms with Crippen LogP contribution in [0.3, 0.4) is 0 Å². The molecule has 2 amide bonds. The van der Waals surface area contributed by atoms with Crippen LogP contribution in [0.1, 0.15) is 47.9 Å². The normalized spacial score (nSPS) is 15.3. The van der Waals surface area contributed by atoms with Gasteiger partial charge in [0, 0.05) is 0 Å². The lowest BCUT2D eigenvalue weighted by Crippen LogP contribution is -2.46. The predicted octanol–water partition coefficient (Wildman–Crippen LogP) is 1.47. The van der Waals surface area contributed by atoms with Gasteiger partial charge in [-0.25, -0.2) is 4.79 Å². The molecule has 1 aromatic rings. The van der Waals surface area contributed by atoms with E-state index in [2.05, 4.69) is 0 Å². The Bertz CT molecular complexity index is 653. The molecule has 1 heterocycles. The van der Waals surface area contributed by atoms with Gasteiger partial charge in [0.25, 0.3) is 11.8 Å². The van der Waals surface area contributed by atoms with Crippen molar-refractivity contribution in [1.29, 1.82) is 0 Å².